The van der Waals surface area contributed by atoms with Crippen molar-refractivity contribution in [3.8, 4) is 0 Å². The van der Waals surface area contributed by atoms with E-state index in [1.54, 1.807) is 24.0 Å². The summed E-state index contributed by atoms with van der Waals surface area (Å²) in [5.74, 6) is -0.513. The highest BCUT2D eigenvalue weighted by atomic mass is 32.2. The molecular formula is C20H26F3N7O3S. The highest BCUT2D eigenvalue weighted by molar-refractivity contribution is 7.90. The van der Waals surface area contributed by atoms with Gasteiger partial charge >= 0.3 is 6.18 Å². The summed E-state index contributed by atoms with van der Waals surface area (Å²) < 4.78 is 69.3. The van der Waals surface area contributed by atoms with E-state index < -0.39 is 28.0 Å². The maximum atomic E-state index is 13.6. The fourth-order valence-electron chi connectivity index (χ4n) is 3.57. The molecule has 0 bridgehead atoms. The second-order valence-corrected chi connectivity index (χ2v) is 9.06. The van der Waals surface area contributed by atoms with Crippen LogP contribution < -0.4 is 19.7 Å². The van der Waals surface area contributed by atoms with Crippen LogP contribution in [0.2, 0.25) is 0 Å². The minimum Gasteiger partial charge on any atom is -0.367 e. The average molecular weight is 502 g/mol. The molecule has 2 aromatic rings. The van der Waals surface area contributed by atoms with Gasteiger partial charge in [-0.25, -0.2) is 9.97 Å². The monoisotopic (exact) mass is 501 g/mol. The predicted octanol–water partition coefficient (Wildman–Crippen LogP) is 1.44. The van der Waals surface area contributed by atoms with E-state index in [-0.39, 0.29) is 23.7 Å². The number of pyridine rings is 2. The van der Waals surface area contributed by atoms with Crippen molar-refractivity contribution in [3.63, 3.8) is 0 Å². The Balaban J connectivity index is 1.67. The van der Waals surface area contributed by atoms with Crippen molar-refractivity contribution < 1.29 is 26.4 Å². The summed E-state index contributed by atoms with van der Waals surface area (Å²) in [6.45, 7) is 3.99. The SMILES string of the molecule is CCNS(=O)(=O)Nc1cc(CN2CCN(c3ccc(C(=O)NC)nc3C(F)(F)F)CC2)ccn1. The summed E-state index contributed by atoms with van der Waals surface area (Å²) >= 11 is 0. The Bertz CT molecular complexity index is 1120. The molecule has 10 nitrogen and oxygen atoms in total. The van der Waals surface area contributed by atoms with Gasteiger partial charge in [0.05, 0.1) is 5.69 Å². The molecule has 14 heteroatoms. The first kappa shape index (κ1) is 25.6. The van der Waals surface area contributed by atoms with Crippen LogP contribution in [0.5, 0.6) is 0 Å². The lowest BCUT2D eigenvalue weighted by molar-refractivity contribution is -0.140. The average Bonchev–Trinajstić information content (AvgIpc) is 2.78. The number of anilines is 2. The number of carbonyl (C=O) groups is 1. The third-order valence-electron chi connectivity index (χ3n) is 5.12. The number of aromatic nitrogens is 2. The number of piperazine rings is 1. The molecule has 34 heavy (non-hydrogen) atoms. The van der Waals surface area contributed by atoms with Gasteiger partial charge in [-0.3, -0.25) is 14.4 Å². The first-order valence-corrected chi connectivity index (χ1v) is 12.0. The summed E-state index contributed by atoms with van der Waals surface area (Å²) in [4.78, 5) is 23.0. The van der Waals surface area contributed by atoms with Crippen molar-refractivity contribution in [3.05, 3.63) is 47.4 Å². The molecule has 0 unspecified atom stereocenters. The number of hydrogen-bond acceptors (Lipinski definition) is 7. The van der Waals surface area contributed by atoms with Crippen molar-refractivity contribution >= 4 is 27.6 Å². The van der Waals surface area contributed by atoms with Gasteiger partial charge in [-0.05, 0) is 29.8 Å². The molecule has 3 rings (SSSR count). The number of hydrogen-bond donors (Lipinski definition) is 3. The van der Waals surface area contributed by atoms with Crippen LogP contribution in [0.25, 0.3) is 0 Å². The zero-order chi connectivity index (χ0) is 24.9. The standard InChI is InChI=1S/C20H26F3N7O3S/c1-3-26-34(32,33)28-17-12-14(6-7-25-17)13-29-8-10-30(11-9-29)16-5-4-15(19(31)24-2)27-18(16)20(21,22)23/h4-7,12,26H,3,8-11,13H2,1-2H3,(H,24,31)(H,25,28). The Kier molecular flexibility index (Phi) is 7.94. The number of nitrogens with zero attached hydrogens (tertiary/aromatic N) is 4. The van der Waals surface area contributed by atoms with Crippen LogP contribution >= 0.6 is 0 Å². The predicted molar refractivity (Wildman–Crippen MR) is 121 cm³/mol. The number of nitrogens with one attached hydrogen (secondary N) is 3. The van der Waals surface area contributed by atoms with Gasteiger partial charge in [0.15, 0.2) is 5.69 Å². The number of amides is 1. The molecule has 0 spiro atoms. The number of alkyl halides is 3. The highest BCUT2D eigenvalue weighted by Gasteiger charge is 2.38. The second kappa shape index (κ2) is 10.5. The summed E-state index contributed by atoms with van der Waals surface area (Å²) in [5, 5.41) is 2.28. The lowest BCUT2D eigenvalue weighted by Gasteiger charge is -2.37. The molecule has 1 amide bonds. The maximum Gasteiger partial charge on any atom is 0.435 e. The second-order valence-electron chi connectivity index (χ2n) is 7.56. The molecule has 0 aromatic carbocycles. The normalized spacial score (nSPS) is 15.3. The molecule has 186 valence electrons. The van der Waals surface area contributed by atoms with Gasteiger partial charge in [0, 0.05) is 52.5 Å². The van der Waals surface area contributed by atoms with Crippen LogP contribution in [-0.4, -0.2) is 69.0 Å². The summed E-state index contributed by atoms with van der Waals surface area (Å²) in [5.41, 5.74) is -0.640. The Hall–Kier alpha value is -2.97. The van der Waals surface area contributed by atoms with E-state index in [0.717, 1.165) is 5.56 Å². The van der Waals surface area contributed by atoms with E-state index in [4.69, 9.17) is 0 Å². The van der Waals surface area contributed by atoms with Gasteiger partial charge < -0.3 is 10.2 Å². The fraction of sp³-hybridized carbons (Fsp3) is 0.450. The zero-order valence-corrected chi connectivity index (χ0v) is 19.5. The minimum absolute atomic E-state index is 0.0659. The maximum absolute atomic E-state index is 13.6. The Labute approximate surface area is 195 Å². The lowest BCUT2D eigenvalue weighted by Crippen LogP contribution is -2.46. The molecule has 0 atom stereocenters. The number of rotatable bonds is 8. The van der Waals surface area contributed by atoms with Crippen LogP contribution in [0.15, 0.2) is 30.5 Å². The van der Waals surface area contributed by atoms with E-state index in [1.165, 1.54) is 25.4 Å². The van der Waals surface area contributed by atoms with E-state index in [9.17, 15) is 26.4 Å². The third-order valence-corrected chi connectivity index (χ3v) is 6.27. The van der Waals surface area contributed by atoms with Crippen molar-refractivity contribution in [2.75, 3.05) is 49.4 Å². The first-order valence-electron chi connectivity index (χ1n) is 10.5. The molecule has 1 fully saturated rings. The smallest absolute Gasteiger partial charge is 0.367 e. The summed E-state index contributed by atoms with van der Waals surface area (Å²) in [7, 11) is -2.38. The molecule has 0 radical (unpaired) electrons. The van der Waals surface area contributed by atoms with Crippen LogP contribution in [-0.2, 0) is 22.9 Å². The first-order chi connectivity index (χ1) is 16.0. The van der Waals surface area contributed by atoms with Crippen molar-refractivity contribution in [1.29, 1.82) is 0 Å². The van der Waals surface area contributed by atoms with E-state index in [2.05, 4.69) is 24.7 Å². The Morgan fingerprint density at radius 3 is 2.47 bits per heavy atom. The molecule has 1 saturated heterocycles. The van der Waals surface area contributed by atoms with Gasteiger partial charge in [-0.1, -0.05) is 6.92 Å². The Morgan fingerprint density at radius 1 is 1.15 bits per heavy atom. The van der Waals surface area contributed by atoms with Gasteiger partial charge in [0.2, 0.25) is 0 Å². The summed E-state index contributed by atoms with van der Waals surface area (Å²) in [6.07, 6.45) is -3.21. The third kappa shape index (κ3) is 6.55. The summed E-state index contributed by atoms with van der Waals surface area (Å²) in [6, 6.07) is 5.93. The van der Waals surface area contributed by atoms with Gasteiger partial charge in [-0.2, -0.15) is 26.3 Å². The molecule has 2 aromatic heterocycles. The van der Waals surface area contributed by atoms with Gasteiger partial charge in [0.1, 0.15) is 11.5 Å². The molecule has 0 saturated carbocycles. The van der Waals surface area contributed by atoms with E-state index >= 15 is 0 Å². The topological polar surface area (TPSA) is 120 Å². The Morgan fingerprint density at radius 2 is 1.85 bits per heavy atom. The van der Waals surface area contributed by atoms with Crippen LogP contribution in [0, 0.1) is 0 Å². The lowest BCUT2D eigenvalue weighted by atomic mass is 10.1. The van der Waals surface area contributed by atoms with Gasteiger partial charge in [-0.15, -0.1) is 0 Å². The minimum atomic E-state index is -4.70. The van der Waals surface area contributed by atoms with Crippen molar-refractivity contribution in [1.82, 2.24) is 24.9 Å². The number of carbonyl (C=O) groups excluding carboxylic acids is 1. The van der Waals surface area contributed by atoms with Gasteiger partial charge in [0.25, 0.3) is 16.1 Å². The molecule has 3 N–H and O–H groups in total. The highest BCUT2D eigenvalue weighted by Crippen LogP contribution is 2.35. The molecule has 3 heterocycles. The fourth-order valence-corrected chi connectivity index (χ4v) is 4.41. The molecular weight excluding hydrogens is 475 g/mol. The molecule has 0 aliphatic carbocycles. The molecule has 1 aliphatic rings. The van der Waals surface area contributed by atoms with E-state index in [0.29, 0.717) is 32.7 Å². The molecule has 1 aliphatic heterocycles. The quantitative estimate of drug-likeness (QED) is 0.501. The number of halogens is 3. The van der Waals surface area contributed by atoms with E-state index in [1.807, 2.05) is 4.90 Å². The van der Waals surface area contributed by atoms with Crippen LogP contribution in [0.3, 0.4) is 0 Å². The van der Waals surface area contributed by atoms with Crippen molar-refractivity contribution in [2.45, 2.75) is 19.6 Å². The zero-order valence-electron chi connectivity index (χ0n) is 18.7. The van der Waals surface area contributed by atoms with Crippen LogP contribution in [0.4, 0.5) is 24.7 Å². The van der Waals surface area contributed by atoms with Crippen molar-refractivity contribution in [2.24, 2.45) is 0 Å². The largest absolute Gasteiger partial charge is 0.435 e. The van der Waals surface area contributed by atoms with Crippen LogP contribution in [0.1, 0.15) is 28.7 Å².